The van der Waals surface area contributed by atoms with Gasteiger partial charge in [-0.2, -0.15) is 0 Å². The molecule has 3 rings (SSSR count). The van der Waals surface area contributed by atoms with E-state index in [1.54, 1.807) is 60.7 Å². The minimum atomic E-state index is -0.281. The Balaban J connectivity index is 1.55. The lowest BCUT2D eigenvalue weighted by Crippen LogP contribution is -2.20. The van der Waals surface area contributed by atoms with Gasteiger partial charge in [-0.05, 0) is 48.5 Å². The highest BCUT2D eigenvalue weighted by Gasteiger charge is 2.09. The highest BCUT2D eigenvalue weighted by Crippen LogP contribution is 2.16. The second-order valence-corrected chi connectivity index (χ2v) is 6.00. The molecule has 0 atom stereocenters. The monoisotopic (exact) mass is 365 g/mol. The van der Waals surface area contributed by atoms with Crippen LogP contribution < -0.4 is 10.1 Å². The molecule has 0 saturated carbocycles. The topological polar surface area (TPSA) is 55.4 Å². The number of benzene rings is 3. The molecule has 1 amide bonds. The van der Waals surface area contributed by atoms with Crippen LogP contribution in [0.1, 0.15) is 15.9 Å². The molecule has 0 unspecified atom stereocenters. The Hall–Kier alpha value is -3.11. The number of carbonyl (C=O) groups is 2. The summed E-state index contributed by atoms with van der Waals surface area (Å²) in [5.41, 5.74) is 1.84. The van der Waals surface area contributed by atoms with Gasteiger partial charge >= 0.3 is 0 Å². The molecule has 0 fully saturated rings. The van der Waals surface area contributed by atoms with E-state index < -0.39 is 0 Å². The lowest BCUT2D eigenvalue weighted by Gasteiger charge is -2.08. The summed E-state index contributed by atoms with van der Waals surface area (Å²) in [5, 5.41) is 3.32. The molecule has 3 aromatic rings. The maximum atomic E-state index is 12.3. The van der Waals surface area contributed by atoms with Crippen molar-refractivity contribution in [2.45, 2.75) is 0 Å². The van der Waals surface area contributed by atoms with Gasteiger partial charge in [-0.3, -0.25) is 9.59 Å². The van der Waals surface area contributed by atoms with E-state index in [1.807, 2.05) is 18.2 Å². The van der Waals surface area contributed by atoms with Gasteiger partial charge in [-0.15, -0.1) is 0 Å². The maximum Gasteiger partial charge on any atom is 0.262 e. The third-order valence-electron chi connectivity index (χ3n) is 3.65. The number of amides is 1. The Bertz CT molecular complexity index is 891. The van der Waals surface area contributed by atoms with E-state index in [0.717, 1.165) is 0 Å². The van der Waals surface area contributed by atoms with E-state index in [1.165, 1.54) is 0 Å². The van der Waals surface area contributed by atoms with Gasteiger partial charge in [0.25, 0.3) is 5.91 Å². The molecule has 1 N–H and O–H groups in total. The Labute approximate surface area is 156 Å². The first-order chi connectivity index (χ1) is 12.6. The Morgan fingerprint density at radius 1 is 0.808 bits per heavy atom. The van der Waals surface area contributed by atoms with Crippen LogP contribution in [0.2, 0.25) is 5.02 Å². The summed E-state index contributed by atoms with van der Waals surface area (Å²) >= 11 is 5.80. The van der Waals surface area contributed by atoms with Crippen molar-refractivity contribution in [2.75, 3.05) is 11.9 Å². The van der Waals surface area contributed by atoms with Crippen molar-refractivity contribution < 1.29 is 14.3 Å². The largest absolute Gasteiger partial charge is 0.484 e. The van der Waals surface area contributed by atoms with Crippen molar-refractivity contribution in [3.63, 3.8) is 0 Å². The van der Waals surface area contributed by atoms with E-state index in [4.69, 9.17) is 16.3 Å². The number of nitrogens with one attached hydrogen (secondary N) is 1. The van der Waals surface area contributed by atoms with Gasteiger partial charge in [0.2, 0.25) is 0 Å². The fraction of sp³-hybridized carbons (Fsp3) is 0.0476. The lowest BCUT2D eigenvalue weighted by atomic mass is 10.0. The molecule has 3 aromatic carbocycles. The summed E-state index contributed by atoms with van der Waals surface area (Å²) in [6, 6.07) is 22.6. The predicted octanol–water partition coefficient (Wildman–Crippen LogP) is 4.59. The molecule has 0 radical (unpaired) electrons. The number of hydrogen-bond donors (Lipinski definition) is 1. The summed E-state index contributed by atoms with van der Waals surface area (Å²) in [4.78, 5) is 24.2. The molecule has 0 heterocycles. The highest BCUT2D eigenvalue weighted by molar-refractivity contribution is 6.30. The van der Waals surface area contributed by atoms with E-state index >= 15 is 0 Å². The summed E-state index contributed by atoms with van der Waals surface area (Å²) < 4.78 is 5.45. The number of rotatable bonds is 6. The van der Waals surface area contributed by atoms with Gasteiger partial charge in [0.1, 0.15) is 5.75 Å². The molecular formula is C21H16ClNO3. The number of anilines is 1. The fourth-order valence-corrected chi connectivity index (χ4v) is 2.46. The van der Waals surface area contributed by atoms with Crippen LogP contribution in [-0.2, 0) is 4.79 Å². The van der Waals surface area contributed by atoms with Gasteiger partial charge in [-0.1, -0.05) is 41.9 Å². The van der Waals surface area contributed by atoms with Crippen molar-refractivity contribution in [3.05, 3.63) is 95.0 Å². The average Bonchev–Trinajstić information content (AvgIpc) is 2.69. The normalized spacial score (nSPS) is 10.2. The van der Waals surface area contributed by atoms with Crippen molar-refractivity contribution in [3.8, 4) is 5.75 Å². The van der Waals surface area contributed by atoms with E-state index in [2.05, 4.69) is 5.32 Å². The first-order valence-electron chi connectivity index (χ1n) is 8.00. The van der Waals surface area contributed by atoms with Crippen molar-refractivity contribution in [2.24, 2.45) is 0 Å². The number of carbonyl (C=O) groups excluding carboxylic acids is 2. The van der Waals surface area contributed by atoms with Crippen LogP contribution in [0.15, 0.2) is 78.9 Å². The predicted molar refractivity (Wildman–Crippen MR) is 102 cm³/mol. The molecule has 0 aromatic heterocycles. The van der Waals surface area contributed by atoms with Crippen molar-refractivity contribution in [1.29, 1.82) is 0 Å². The SMILES string of the molecule is O=C(COc1ccc(C(=O)c2ccccc2)cc1)Nc1ccc(Cl)cc1. The third kappa shape index (κ3) is 4.71. The number of ether oxygens (including phenoxy) is 1. The molecule has 0 spiro atoms. The van der Waals surface area contributed by atoms with Crippen LogP contribution in [0.3, 0.4) is 0 Å². The Morgan fingerprint density at radius 2 is 1.42 bits per heavy atom. The van der Waals surface area contributed by atoms with Crippen molar-refractivity contribution in [1.82, 2.24) is 0 Å². The minimum Gasteiger partial charge on any atom is -0.484 e. The highest BCUT2D eigenvalue weighted by atomic mass is 35.5. The smallest absolute Gasteiger partial charge is 0.262 e. The van der Waals surface area contributed by atoms with Crippen LogP contribution >= 0.6 is 11.6 Å². The number of ketones is 1. The summed E-state index contributed by atoms with van der Waals surface area (Å²) in [6.07, 6.45) is 0. The van der Waals surface area contributed by atoms with Crippen LogP contribution in [0.4, 0.5) is 5.69 Å². The third-order valence-corrected chi connectivity index (χ3v) is 3.90. The molecule has 26 heavy (non-hydrogen) atoms. The number of hydrogen-bond acceptors (Lipinski definition) is 3. The maximum absolute atomic E-state index is 12.3. The minimum absolute atomic E-state index is 0.0577. The first kappa shape index (κ1) is 17.7. The zero-order valence-corrected chi connectivity index (χ0v) is 14.6. The van der Waals surface area contributed by atoms with Crippen LogP contribution in [0, 0.1) is 0 Å². The Kier molecular flexibility index (Phi) is 5.66. The van der Waals surface area contributed by atoms with Crippen molar-refractivity contribution >= 4 is 29.0 Å². The first-order valence-corrected chi connectivity index (χ1v) is 8.37. The quantitative estimate of drug-likeness (QED) is 0.650. The molecule has 4 nitrogen and oxygen atoms in total. The van der Waals surface area contributed by atoms with E-state index in [9.17, 15) is 9.59 Å². The summed E-state index contributed by atoms with van der Waals surface area (Å²) in [5.74, 6) is 0.176. The molecule has 130 valence electrons. The molecule has 0 saturated heterocycles. The van der Waals surface area contributed by atoms with Gasteiger partial charge in [0, 0.05) is 21.8 Å². The molecule has 0 aliphatic carbocycles. The van der Waals surface area contributed by atoms with Crippen LogP contribution in [0.5, 0.6) is 5.75 Å². The number of halogens is 1. The second kappa shape index (κ2) is 8.32. The van der Waals surface area contributed by atoms with Gasteiger partial charge in [0.05, 0.1) is 0 Å². The van der Waals surface area contributed by atoms with Gasteiger partial charge < -0.3 is 10.1 Å². The zero-order valence-electron chi connectivity index (χ0n) is 13.8. The van der Waals surface area contributed by atoms with Gasteiger partial charge in [-0.25, -0.2) is 0 Å². The summed E-state index contributed by atoms with van der Waals surface area (Å²) in [6.45, 7) is -0.130. The Morgan fingerprint density at radius 3 is 2.08 bits per heavy atom. The van der Waals surface area contributed by atoms with Crippen LogP contribution in [0.25, 0.3) is 0 Å². The van der Waals surface area contributed by atoms with E-state index in [0.29, 0.717) is 27.6 Å². The van der Waals surface area contributed by atoms with E-state index in [-0.39, 0.29) is 18.3 Å². The molecule has 0 bridgehead atoms. The fourth-order valence-electron chi connectivity index (χ4n) is 2.34. The standard InChI is InChI=1S/C21H16ClNO3/c22-17-8-10-18(11-9-17)23-20(24)14-26-19-12-6-16(7-13-19)21(25)15-4-2-1-3-5-15/h1-13H,14H2,(H,23,24). The molecule has 0 aliphatic heterocycles. The second-order valence-electron chi connectivity index (χ2n) is 5.56. The molecule has 5 heteroatoms. The molecule has 0 aliphatic rings. The van der Waals surface area contributed by atoms with Gasteiger partial charge in [0.15, 0.2) is 12.4 Å². The van der Waals surface area contributed by atoms with Crippen LogP contribution in [-0.4, -0.2) is 18.3 Å². The average molecular weight is 366 g/mol. The lowest BCUT2D eigenvalue weighted by molar-refractivity contribution is -0.118. The summed E-state index contributed by atoms with van der Waals surface area (Å²) in [7, 11) is 0. The molecular weight excluding hydrogens is 350 g/mol. The zero-order chi connectivity index (χ0) is 18.4.